The number of ether oxygens (including phenoxy) is 2. The summed E-state index contributed by atoms with van der Waals surface area (Å²) < 4.78 is 34.8. The molecule has 0 radical (unpaired) electrons. The average Bonchev–Trinajstić information content (AvgIpc) is 2.86. The molecule has 0 aromatic heterocycles. The Bertz CT molecular complexity index is 725. The molecule has 2 atom stereocenters. The Morgan fingerprint density at radius 1 is 1.17 bits per heavy atom. The van der Waals surface area contributed by atoms with Gasteiger partial charge < -0.3 is 9.47 Å². The van der Waals surface area contributed by atoms with E-state index in [9.17, 15) is 8.42 Å². The minimum atomic E-state index is -2.97. The van der Waals surface area contributed by atoms with E-state index in [1.54, 1.807) is 14.2 Å². The predicted molar refractivity (Wildman–Crippen MR) is 93.8 cm³/mol. The first-order valence-electron chi connectivity index (χ1n) is 7.89. The molecule has 0 spiro atoms. The van der Waals surface area contributed by atoms with Crippen molar-refractivity contribution in [2.24, 2.45) is 0 Å². The molecular formula is C16H23ClN2O4S. The average molecular weight is 375 g/mol. The summed E-state index contributed by atoms with van der Waals surface area (Å²) in [7, 11) is 2.16. The van der Waals surface area contributed by atoms with Crippen LogP contribution in [0.2, 0.25) is 5.02 Å². The highest BCUT2D eigenvalue weighted by atomic mass is 35.5. The molecule has 8 heteroatoms. The molecule has 2 fully saturated rings. The number of rotatable bonds is 4. The van der Waals surface area contributed by atoms with Crippen LogP contribution in [0.1, 0.15) is 5.56 Å². The Balaban J connectivity index is 1.84. The third-order valence-electron chi connectivity index (χ3n) is 4.95. The molecule has 2 saturated heterocycles. The molecule has 134 valence electrons. The molecule has 0 N–H and O–H groups in total. The lowest BCUT2D eigenvalue weighted by molar-refractivity contribution is 0.0572. The van der Waals surface area contributed by atoms with Gasteiger partial charge in [-0.15, -0.1) is 0 Å². The topological polar surface area (TPSA) is 59.1 Å². The molecule has 2 heterocycles. The van der Waals surface area contributed by atoms with Crippen LogP contribution in [-0.4, -0.2) is 76.2 Å². The first-order valence-corrected chi connectivity index (χ1v) is 10.1. The molecule has 0 aliphatic carbocycles. The number of hydrogen-bond acceptors (Lipinski definition) is 6. The minimum absolute atomic E-state index is 0.0284. The van der Waals surface area contributed by atoms with E-state index in [1.807, 2.05) is 19.2 Å². The molecule has 6 nitrogen and oxygen atoms in total. The molecule has 24 heavy (non-hydrogen) atoms. The van der Waals surface area contributed by atoms with Gasteiger partial charge in [0, 0.05) is 31.7 Å². The first kappa shape index (κ1) is 17.8. The van der Waals surface area contributed by atoms with Crippen LogP contribution in [0.25, 0.3) is 0 Å². The quantitative estimate of drug-likeness (QED) is 0.791. The van der Waals surface area contributed by atoms with E-state index in [2.05, 4.69) is 9.80 Å². The number of methoxy groups -OCH3 is 2. The Hall–Kier alpha value is -1.02. The van der Waals surface area contributed by atoms with Crippen LogP contribution in [-0.2, 0) is 16.4 Å². The maximum absolute atomic E-state index is 12.1. The maximum atomic E-state index is 12.1. The number of hydrogen-bond donors (Lipinski definition) is 0. The van der Waals surface area contributed by atoms with Crippen molar-refractivity contribution in [3.63, 3.8) is 0 Å². The summed E-state index contributed by atoms with van der Waals surface area (Å²) in [5.74, 6) is 1.58. The van der Waals surface area contributed by atoms with Crippen LogP contribution in [0.15, 0.2) is 12.1 Å². The van der Waals surface area contributed by atoms with E-state index in [1.165, 1.54) is 0 Å². The van der Waals surface area contributed by atoms with E-state index in [4.69, 9.17) is 21.1 Å². The van der Waals surface area contributed by atoms with Gasteiger partial charge >= 0.3 is 0 Å². The van der Waals surface area contributed by atoms with Gasteiger partial charge in [0.05, 0.1) is 30.7 Å². The molecule has 2 unspecified atom stereocenters. The summed E-state index contributed by atoms with van der Waals surface area (Å²) in [5, 5.41) is 0.497. The number of likely N-dealkylation sites (N-methyl/N-ethyl adjacent to an activating group) is 1. The summed E-state index contributed by atoms with van der Waals surface area (Å²) >= 11 is 6.28. The van der Waals surface area contributed by atoms with Crippen molar-refractivity contribution < 1.29 is 17.9 Å². The van der Waals surface area contributed by atoms with Crippen molar-refractivity contribution >= 4 is 21.4 Å². The van der Waals surface area contributed by atoms with Gasteiger partial charge in [-0.2, -0.15) is 0 Å². The zero-order valence-corrected chi connectivity index (χ0v) is 15.7. The number of sulfone groups is 1. The number of nitrogens with zero attached hydrogens (tertiary/aromatic N) is 2. The molecule has 3 rings (SSSR count). The zero-order chi connectivity index (χ0) is 17.5. The van der Waals surface area contributed by atoms with Crippen LogP contribution in [0.4, 0.5) is 0 Å². The van der Waals surface area contributed by atoms with Crippen LogP contribution in [0.3, 0.4) is 0 Å². The lowest BCUT2D eigenvalue weighted by Gasteiger charge is -2.42. The molecule has 2 aliphatic rings. The lowest BCUT2D eigenvalue weighted by Crippen LogP contribution is -2.57. The van der Waals surface area contributed by atoms with Gasteiger partial charge in [0.25, 0.3) is 0 Å². The lowest BCUT2D eigenvalue weighted by atomic mass is 10.0. The van der Waals surface area contributed by atoms with E-state index < -0.39 is 9.84 Å². The van der Waals surface area contributed by atoms with Crippen molar-refractivity contribution in [3.05, 3.63) is 22.7 Å². The zero-order valence-electron chi connectivity index (χ0n) is 14.2. The number of fused-ring (bicyclic) bond motifs is 1. The Kier molecular flexibility index (Phi) is 4.97. The molecule has 2 aliphatic heterocycles. The number of piperazine rings is 1. The van der Waals surface area contributed by atoms with Crippen LogP contribution in [0.5, 0.6) is 11.5 Å². The summed E-state index contributed by atoms with van der Waals surface area (Å²) in [4.78, 5) is 4.40. The van der Waals surface area contributed by atoms with Crippen molar-refractivity contribution in [1.29, 1.82) is 0 Å². The highest BCUT2D eigenvalue weighted by molar-refractivity contribution is 7.91. The normalized spacial score (nSPS) is 27.0. The number of halogens is 1. The molecule has 0 saturated carbocycles. The third kappa shape index (κ3) is 3.35. The largest absolute Gasteiger partial charge is 0.493 e. The molecule has 0 bridgehead atoms. The summed E-state index contributed by atoms with van der Waals surface area (Å²) in [5.41, 5.74) is 0.991. The molecule has 1 aromatic rings. The molecule has 0 amide bonds. The van der Waals surface area contributed by atoms with Crippen LogP contribution < -0.4 is 9.47 Å². The monoisotopic (exact) mass is 374 g/mol. The van der Waals surface area contributed by atoms with Crippen LogP contribution >= 0.6 is 11.6 Å². The van der Waals surface area contributed by atoms with Crippen molar-refractivity contribution in [1.82, 2.24) is 9.80 Å². The van der Waals surface area contributed by atoms with Gasteiger partial charge in [-0.1, -0.05) is 11.6 Å². The Morgan fingerprint density at radius 3 is 2.54 bits per heavy atom. The first-order chi connectivity index (χ1) is 11.3. The van der Waals surface area contributed by atoms with Crippen LogP contribution in [0, 0.1) is 0 Å². The van der Waals surface area contributed by atoms with Crippen molar-refractivity contribution in [2.75, 3.05) is 45.9 Å². The van der Waals surface area contributed by atoms with Gasteiger partial charge in [0.15, 0.2) is 21.3 Å². The Morgan fingerprint density at radius 2 is 1.88 bits per heavy atom. The van der Waals surface area contributed by atoms with E-state index in [0.717, 1.165) is 18.7 Å². The minimum Gasteiger partial charge on any atom is -0.493 e. The SMILES string of the molecule is COc1cc(CN2CCN(C)C3CS(=O)(=O)CC32)cc(Cl)c1OC. The second-order valence-corrected chi connectivity index (χ2v) is 9.04. The summed E-state index contributed by atoms with van der Waals surface area (Å²) in [6, 6.07) is 3.86. The van der Waals surface area contributed by atoms with Gasteiger partial charge in [0.2, 0.25) is 0 Å². The number of benzene rings is 1. The van der Waals surface area contributed by atoms with Gasteiger partial charge in [-0.25, -0.2) is 8.42 Å². The van der Waals surface area contributed by atoms with Crippen molar-refractivity contribution in [2.45, 2.75) is 18.6 Å². The standard InChI is InChI=1S/C16H23ClN2O4S/c1-18-4-5-19(14-10-24(20,21)9-13(14)18)8-11-6-12(17)16(23-3)15(7-11)22-2/h6-7,13-14H,4-5,8-10H2,1-3H3. The molecular weight excluding hydrogens is 352 g/mol. The summed E-state index contributed by atoms with van der Waals surface area (Å²) in [6.07, 6.45) is 0. The Labute approximate surface area is 148 Å². The predicted octanol–water partition coefficient (Wildman–Crippen LogP) is 1.27. The van der Waals surface area contributed by atoms with Gasteiger partial charge in [-0.05, 0) is 24.7 Å². The van der Waals surface area contributed by atoms with Gasteiger partial charge in [-0.3, -0.25) is 9.80 Å². The second kappa shape index (κ2) is 6.71. The summed E-state index contributed by atoms with van der Waals surface area (Å²) in [6.45, 7) is 2.33. The van der Waals surface area contributed by atoms with Crippen molar-refractivity contribution in [3.8, 4) is 11.5 Å². The van der Waals surface area contributed by atoms with Gasteiger partial charge in [0.1, 0.15) is 0 Å². The molecule has 1 aromatic carbocycles. The fourth-order valence-corrected chi connectivity index (χ4v) is 6.09. The van der Waals surface area contributed by atoms with E-state index >= 15 is 0 Å². The fourth-order valence-electron chi connectivity index (χ4n) is 3.69. The maximum Gasteiger partial charge on any atom is 0.179 e. The second-order valence-electron chi connectivity index (χ2n) is 6.48. The highest BCUT2D eigenvalue weighted by Gasteiger charge is 2.45. The highest BCUT2D eigenvalue weighted by Crippen LogP contribution is 2.37. The van der Waals surface area contributed by atoms with E-state index in [0.29, 0.717) is 23.1 Å². The third-order valence-corrected chi connectivity index (χ3v) is 6.93. The smallest absolute Gasteiger partial charge is 0.179 e. The van der Waals surface area contributed by atoms with E-state index in [-0.39, 0.29) is 23.6 Å². The fraction of sp³-hybridized carbons (Fsp3) is 0.625.